The molecule has 0 unspecified atom stereocenters. The number of hydrogen-bond donors (Lipinski definition) is 0. The molecule has 0 fully saturated rings. The van der Waals surface area contributed by atoms with Crippen LogP contribution in [0.5, 0.6) is 0 Å². The highest BCUT2D eigenvalue weighted by Crippen LogP contribution is 2.12. The van der Waals surface area contributed by atoms with Crippen LogP contribution in [0.4, 0.5) is 0 Å². The van der Waals surface area contributed by atoms with Gasteiger partial charge in [-0.25, -0.2) is 4.98 Å². The zero-order chi connectivity index (χ0) is 15.9. The minimum atomic E-state index is 0.00334. The Morgan fingerprint density at radius 3 is 2.55 bits per heavy atom. The van der Waals surface area contributed by atoms with Gasteiger partial charge in [0.1, 0.15) is 5.65 Å². The number of rotatable bonds is 8. The van der Waals surface area contributed by atoms with Crippen molar-refractivity contribution < 1.29 is 14.3 Å². The SMILES string of the molecule is COCCN(CCOC)C(=O)Cc1cn2cc(Cl)ccc2n1. The number of pyridine rings is 1. The number of methoxy groups -OCH3 is 2. The van der Waals surface area contributed by atoms with Gasteiger partial charge in [-0.05, 0) is 12.1 Å². The molecule has 0 aromatic carbocycles. The minimum absolute atomic E-state index is 0.00334. The number of ether oxygens (including phenoxy) is 2. The molecule has 0 N–H and O–H groups in total. The molecule has 2 rings (SSSR count). The standard InChI is InChI=1S/C15H20ClN3O3/c1-21-7-5-18(6-8-22-2)15(20)9-13-11-19-10-12(16)3-4-14(19)17-13/h3-4,10-11H,5-9H2,1-2H3. The van der Waals surface area contributed by atoms with Crippen LogP contribution >= 0.6 is 11.6 Å². The van der Waals surface area contributed by atoms with Crippen molar-refractivity contribution in [1.29, 1.82) is 0 Å². The number of imidazole rings is 1. The maximum absolute atomic E-state index is 12.4. The Balaban J connectivity index is 2.05. The largest absolute Gasteiger partial charge is 0.383 e. The molecule has 0 saturated carbocycles. The summed E-state index contributed by atoms with van der Waals surface area (Å²) < 4.78 is 11.9. The van der Waals surface area contributed by atoms with Gasteiger partial charge >= 0.3 is 0 Å². The first-order valence-corrected chi connectivity index (χ1v) is 7.40. The van der Waals surface area contributed by atoms with E-state index in [1.54, 1.807) is 31.4 Å². The molecule has 2 heterocycles. The molecule has 1 amide bonds. The molecule has 6 nitrogen and oxygen atoms in total. The molecule has 0 aliphatic carbocycles. The van der Waals surface area contributed by atoms with Crippen molar-refractivity contribution in [2.75, 3.05) is 40.5 Å². The van der Waals surface area contributed by atoms with Crippen molar-refractivity contribution in [2.45, 2.75) is 6.42 Å². The van der Waals surface area contributed by atoms with E-state index in [-0.39, 0.29) is 12.3 Å². The molecule has 0 aliphatic heterocycles. The zero-order valence-corrected chi connectivity index (χ0v) is 13.5. The fourth-order valence-electron chi connectivity index (χ4n) is 2.13. The van der Waals surface area contributed by atoms with Crippen molar-refractivity contribution in [3.8, 4) is 0 Å². The lowest BCUT2D eigenvalue weighted by Gasteiger charge is -2.21. The first-order chi connectivity index (χ1) is 10.6. The van der Waals surface area contributed by atoms with E-state index in [9.17, 15) is 4.79 Å². The van der Waals surface area contributed by atoms with Gasteiger partial charge < -0.3 is 18.8 Å². The van der Waals surface area contributed by atoms with Crippen LogP contribution in [0.25, 0.3) is 5.65 Å². The van der Waals surface area contributed by atoms with Crippen LogP contribution in [0, 0.1) is 0 Å². The van der Waals surface area contributed by atoms with E-state index in [0.29, 0.717) is 37.0 Å². The summed E-state index contributed by atoms with van der Waals surface area (Å²) in [6.07, 6.45) is 3.84. The quantitative estimate of drug-likeness (QED) is 0.740. The summed E-state index contributed by atoms with van der Waals surface area (Å²) in [6, 6.07) is 3.60. The van der Waals surface area contributed by atoms with Gasteiger partial charge in [0.2, 0.25) is 5.91 Å². The van der Waals surface area contributed by atoms with Crippen molar-refractivity contribution in [1.82, 2.24) is 14.3 Å². The predicted octanol–water partition coefficient (Wildman–Crippen LogP) is 1.65. The second-order valence-corrected chi connectivity index (χ2v) is 5.32. The van der Waals surface area contributed by atoms with E-state index < -0.39 is 0 Å². The van der Waals surface area contributed by atoms with Gasteiger partial charge in [0.15, 0.2) is 0 Å². The zero-order valence-electron chi connectivity index (χ0n) is 12.8. The highest BCUT2D eigenvalue weighted by Gasteiger charge is 2.15. The minimum Gasteiger partial charge on any atom is -0.383 e. The molecule has 0 aliphatic rings. The Hall–Kier alpha value is -1.63. The Morgan fingerprint density at radius 1 is 1.23 bits per heavy atom. The van der Waals surface area contributed by atoms with Crippen molar-refractivity contribution >= 4 is 23.2 Å². The van der Waals surface area contributed by atoms with Crippen LogP contribution in [-0.4, -0.2) is 60.7 Å². The number of carbonyl (C=O) groups is 1. The van der Waals surface area contributed by atoms with Crippen LogP contribution in [0.1, 0.15) is 5.69 Å². The Morgan fingerprint density at radius 2 is 1.91 bits per heavy atom. The normalized spacial score (nSPS) is 11.0. The number of aromatic nitrogens is 2. The average Bonchev–Trinajstić information content (AvgIpc) is 2.88. The number of hydrogen-bond acceptors (Lipinski definition) is 4. The fraction of sp³-hybridized carbons (Fsp3) is 0.467. The number of carbonyl (C=O) groups excluding carboxylic acids is 1. The second-order valence-electron chi connectivity index (χ2n) is 4.89. The third-order valence-corrected chi connectivity index (χ3v) is 3.50. The first-order valence-electron chi connectivity index (χ1n) is 7.03. The van der Waals surface area contributed by atoms with E-state index in [0.717, 1.165) is 5.65 Å². The molecule has 120 valence electrons. The van der Waals surface area contributed by atoms with Gasteiger partial charge in [-0.2, -0.15) is 0 Å². The number of nitrogens with zero attached hydrogens (tertiary/aromatic N) is 3. The monoisotopic (exact) mass is 325 g/mol. The summed E-state index contributed by atoms with van der Waals surface area (Å²) in [7, 11) is 3.23. The highest BCUT2D eigenvalue weighted by atomic mass is 35.5. The third-order valence-electron chi connectivity index (χ3n) is 3.28. The van der Waals surface area contributed by atoms with Gasteiger partial charge in [-0.3, -0.25) is 4.79 Å². The van der Waals surface area contributed by atoms with Crippen LogP contribution in [0.15, 0.2) is 24.5 Å². The molecule has 2 aromatic rings. The Bertz CT molecular complexity index is 622. The van der Waals surface area contributed by atoms with Crippen molar-refractivity contribution in [2.24, 2.45) is 0 Å². The van der Waals surface area contributed by atoms with Gasteiger partial charge in [-0.1, -0.05) is 11.6 Å². The molecular weight excluding hydrogens is 306 g/mol. The van der Waals surface area contributed by atoms with Gasteiger partial charge in [-0.15, -0.1) is 0 Å². The maximum Gasteiger partial charge on any atom is 0.228 e. The summed E-state index contributed by atoms with van der Waals surface area (Å²) >= 11 is 5.95. The summed E-state index contributed by atoms with van der Waals surface area (Å²) in [6.45, 7) is 2.07. The molecule has 0 atom stereocenters. The lowest BCUT2D eigenvalue weighted by molar-refractivity contribution is -0.131. The van der Waals surface area contributed by atoms with Crippen LogP contribution in [0.3, 0.4) is 0 Å². The number of amides is 1. The molecule has 22 heavy (non-hydrogen) atoms. The smallest absolute Gasteiger partial charge is 0.228 e. The maximum atomic E-state index is 12.4. The fourth-order valence-corrected chi connectivity index (χ4v) is 2.30. The lowest BCUT2D eigenvalue weighted by atomic mass is 10.3. The summed E-state index contributed by atoms with van der Waals surface area (Å²) in [5, 5.41) is 0.629. The summed E-state index contributed by atoms with van der Waals surface area (Å²) in [4.78, 5) is 18.6. The van der Waals surface area contributed by atoms with Gasteiger partial charge in [0.05, 0.1) is 30.4 Å². The van der Waals surface area contributed by atoms with Crippen LogP contribution < -0.4 is 0 Å². The van der Waals surface area contributed by atoms with Gasteiger partial charge in [0, 0.05) is 39.7 Å². The van der Waals surface area contributed by atoms with Gasteiger partial charge in [0.25, 0.3) is 0 Å². The number of fused-ring (bicyclic) bond motifs is 1. The first kappa shape index (κ1) is 16.7. The molecule has 2 aromatic heterocycles. The van der Waals surface area contributed by atoms with Crippen molar-refractivity contribution in [3.05, 3.63) is 35.2 Å². The highest BCUT2D eigenvalue weighted by molar-refractivity contribution is 6.30. The molecular formula is C15H20ClN3O3. The van der Waals surface area contributed by atoms with E-state index in [1.165, 1.54) is 0 Å². The Kier molecular flexibility index (Phi) is 6.18. The summed E-state index contributed by atoms with van der Waals surface area (Å²) in [5.74, 6) is 0.00334. The third kappa shape index (κ3) is 4.43. The van der Waals surface area contributed by atoms with Crippen LogP contribution in [-0.2, 0) is 20.7 Å². The van der Waals surface area contributed by atoms with E-state index >= 15 is 0 Å². The second kappa shape index (κ2) is 8.12. The topological polar surface area (TPSA) is 56.1 Å². The summed E-state index contributed by atoms with van der Waals surface area (Å²) in [5.41, 5.74) is 1.49. The lowest BCUT2D eigenvalue weighted by Crippen LogP contribution is -2.37. The predicted molar refractivity (Wildman–Crippen MR) is 84.2 cm³/mol. The molecule has 0 saturated heterocycles. The van der Waals surface area contributed by atoms with Crippen molar-refractivity contribution in [3.63, 3.8) is 0 Å². The molecule has 0 radical (unpaired) electrons. The molecule has 0 bridgehead atoms. The average molecular weight is 326 g/mol. The van der Waals surface area contributed by atoms with E-state index in [2.05, 4.69) is 4.98 Å². The van der Waals surface area contributed by atoms with E-state index in [1.807, 2.05) is 16.7 Å². The van der Waals surface area contributed by atoms with Crippen LogP contribution in [0.2, 0.25) is 5.02 Å². The number of halogens is 1. The molecule has 0 spiro atoms. The van der Waals surface area contributed by atoms with E-state index in [4.69, 9.17) is 21.1 Å². The Labute approximate surface area is 134 Å². The molecule has 7 heteroatoms.